The Morgan fingerprint density at radius 2 is 1.60 bits per heavy atom. The molecule has 0 amide bonds. The fourth-order valence-electron chi connectivity index (χ4n) is 5.75. The van der Waals surface area contributed by atoms with Gasteiger partial charge in [-0.05, 0) is 62.6 Å². The van der Waals surface area contributed by atoms with Crippen LogP contribution in [0.1, 0.15) is 50.2 Å². The highest BCUT2D eigenvalue weighted by molar-refractivity contribution is 6.17. The molecular formula is C31H35NO8. The lowest BCUT2D eigenvalue weighted by Crippen LogP contribution is -2.48. The normalized spacial score (nSPS) is 22.1. The molecule has 2 aliphatic rings. The Morgan fingerprint density at radius 1 is 0.875 bits per heavy atom. The Morgan fingerprint density at radius 3 is 2.25 bits per heavy atom. The van der Waals surface area contributed by atoms with Crippen molar-refractivity contribution in [1.82, 2.24) is 0 Å². The zero-order chi connectivity index (χ0) is 29.0. The van der Waals surface area contributed by atoms with Crippen LogP contribution in [0.15, 0.2) is 58.7 Å². The SMILES string of the molecule is CCOC(=O)C1=C(C)N=C2C[C@@H](c3cccc(OC)c3)[C@@H](C(=O)OCC)C(=O)C2[C@@H]1c1ccc(OC)c(OC)c1. The van der Waals surface area contributed by atoms with E-state index in [1.54, 1.807) is 52.1 Å². The van der Waals surface area contributed by atoms with Gasteiger partial charge in [0.1, 0.15) is 11.7 Å². The van der Waals surface area contributed by atoms with Gasteiger partial charge in [0.05, 0.1) is 46.0 Å². The van der Waals surface area contributed by atoms with E-state index in [1.165, 1.54) is 14.2 Å². The average molecular weight is 550 g/mol. The summed E-state index contributed by atoms with van der Waals surface area (Å²) in [6, 6.07) is 12.6. The molecule has 1 heterocycles. The minimum atomic E-state index is -1.10. The van der Waals surface area contributed by atoms with Gasteiger partial charge in [0.2, 0.25) is 0 Å². The largest absolute Gasteiger partial charge is 0.497 e. The van der Waals surface area contributed by atoms with E-state index < -0.39 is 35.6 Å². The maximum absolute atomic E-state index is 14.5. The molecule has 4 rings (SSSR count). The van der Waals surface area contributed by atoms with Crippen molar-refractivity contribution < 1.29 is 38.1 Å². The summed E-state index contributed by atoms with van der Waals surface area (Å²) in [5.41, 5.74) is 2.76. The summed E-state index contributed by atoms with van der Waals surface area (Å²) < 4.78 is 27.2. The second-order valence-corrected chi connectivity index (χ2v) is 9.61. The first-order chi connectivity index (χ1) is 19.3. The van der Waals surface area contributed by atoms with Crippen LogP contribution in [0.25, 0.3) is 0 Å². The van der Waals surface area contributed by atoms with Crippen molar-refractivity contribution in [2.45, 2.75) is 39.0 Å². The molecule has 9 nitrogen and oxygen atoms in total. The lowest BCUT2D eigenvalue weighted by atomic mass is 9.62. The van der Waals surface area contributed by atoms with Crippen LogP contribution >= 0.6 is 0 Å². The summed E-state index contributed by atoms with van der Waals surface area (Å²) in [4.78, 5) is 45.9. The summed E-state index contributed by atoms with van der Waals surface area (Å²) in [6.45, 7) is 5.46. The summed E-state index contributed by atoms with van der Waals surface area (Å²) in [5.74, 6) is -3.18. The molecule has 0 saturated heterocycles. The molecule has 0 aromatic heterocycles. The topological polar surface area (TPSA) is 110 Å². The fourth-order valence-corrected chi connectivity index (χ4v) is 5.75. The number of methoxy groups -OCH3 is 3. The van der Waals surface area contributed by atoms with E-state index in [0.717, 1.165) is 5.56 Å². The minimum absolute atomic E-state index is 0.130. The van der Waals surface area contributed by atoms with Gasteiger partial charge in [0.15, 0.2) is 17.3 Å². The molecule has 1 unspecified atom stereocenters. The molecule has 1 fully saturated rings. The van der Waals surface area contributed by atoms with Gasteiger partial charge >= 0.3 is 11.9 Å². The van der Waals surface area contributed by atoms with Gasteiger partial charge < -0.3 is 23.7 Å². The van der Waals surface area contributed by atoms with Gasteiger partial charge in [-0.2, -0.15) is 0 Å². The number of benzene rings is 2. The highest BCUT2D eigenvalue weighted by atomic mass is 16.5. The Bertz CT molecular complexity index is 1360. The van der Waals surface area contributed by atoms with Gasteiger partial charge in [-0.25, -0.2) is 4.79 Å². The first-order valence-electron chi connectivity index (χ1n) is 13.3. The maximum Gasteiger partial charge on any atom is 0.336 e. The third kappa shape index (κ3) is 5.33. The Labute approximate surface area is 234 Å². The number of esters is 2. The van der Waals surface area contributed by atoms with E-state index in [2.05, 4.69) is 0 Å². The molecule has 2 aromatic rings. The summed E-state index contributed by atoms with van der Waals surface area (Å²) in [7, 11) is 4.61. The molecule has 0 spiro atoms. The van der Waals surface area contributed by atoms with Crippen molar-refractivity contribution in [3.63, 3.8) is 0 Å². The Balaban J connectivity index is 1.91. The van der Waals surface area contributed by atoms with Gasteiger partial charge in [0.25, 0.3) is 0 Å². The van der Waals surface area contributed by atoms with Gasteiger partial charge in [-0.1, -0.05) is 18.2 Å². The van der Waals surface area contributed by atoms with Crippen molar-refractivity contribution >= 4 is 23.4 Å². The number of ketones is 1. The van der Waals surface area contributed by atoms with Crippen LogP contribution in [0.5, 0.6) is 17.2 Å². The Hall–Kier alpha value is -4.14. The monoisotopic (exact) mass is 549 g/mol. The number of carbonyl (C=O) groups excluding carboxylic acids is 3. The quantitative estimate of drug-likeness (QED) is 0.329. The van der Waals surface area contributed by atoms with Crippen molar-refractivity contribution in [3.8, 4) is 17.2 Å². The number of rotatable bonds is 9. The number of ether oxygens (including phenoxy) is 5. The van der Waals surface area contributed by atoms with Crippen LogP contribution in [0.3, 0.4) is 0 Å². The molecule has 1 aliphatic heterocycles. The number of fused-ring (bicyclic) bond motifs is 1. The number of aliphatic imine (C=N–C) groups is 1. The molecule has 4 atom stereocenters. The van der Waals surface area contributed by atoms with Crippen molar-refractivity contribution in [3.05, 3.63) is 64.9 Å². The van der Waals surface area contributed by atoms with Gasteiger partial charge in [-0.15, -0.1) is 0 Å². The van der Waals surface area contributed by atoms with Crippen LogP contribution < -0.4 is 14.2 Å². The summed E-state index contributed by atoms with van der Waals surface area (Å²) in [5, 5.41) is 0. The number of hydrogen-bond donors (Lipinski definition) is 0. The molecular weight excluding hydrogens is 514 g/mol. The zero-order valence-electron chi connectivity index (χ0n) is 23.7. The highest BCUT2D eigenvalue weighted by Crippen LogP contribution is 2.49. The molecule has 0 N–H and O–H groups in total. The number of hydrogen-bond acceptors (Lipinski definition) is 9. The van der Waals surface area contributed by atoms with Crippen molar-refractivity contribution in [1.29, 1.82) is 0 Å². The molecule has 9 heteroatoms. The van der Waals surface area contributed by atoms with E-state index in [-0.39, 0.29) is 24.6 Å². The van der Waals surface area contributed by atoms with E-state index in [9.17, 15) is 14.4 Å². The van der Waals surface area contributed by atoms with Crippen molar-refractivity contribution in [2.75, 3.05) is 34.5 Å². The van der Waals surface area contributed by atoms with Crippen LogP contribution in [-0.2, 0) is 23.9 Å². The second-order valence-electron chi connectivity index (χ2n) is 9.61. The van der Waals surface area contributed by atoms with E-state index >= 15 is 0 Å². The van der Waals surface area contributed by atoms with Gasteiger partial charge in [0, 0.05) is 23.2 Å². The number of carbonyl (C=O) groups is 3. The standard InChI is InChI=1S/C31H35NO8/c1-7-39-30(34)25-17(3)32-22-16-21(18-10-9-11-20(14-18)36-4)27(31(35)40-8-2)29(33)28(22)26(25)19-12-13-23(37-5)24(15-19)38-6/h9-15,21,26-28H,7-8,16H2,1-6H3/t21-,26+,27+,28?/m0/s1. The third-order valence-electron chi connectivity index (χ3n) is 7.47. The van der Waals surface area contributed by atoms with Crippen LogP contribution in [0.2, 0.25) is 0 Å². The molecule has 2 aromatic carbocycles. The molecule has 0 radical (unpaired) electrons. The fraction of sp³-hybridized carbons (Fsp3) is 0.419. The number of Topliss-reactive ketones (excluding diaryl/α,β-unsaturated/α-hetero) is 1. The number of allylic oxidation sites excluding steroid dienone is 1. The van der Waals surface area contributed by atoms with E-state index in [4.69, 9.17) is 28.7 Å². The first kappa shape index (κ1) is 28.9. The zero-order valence-corrected chi connectivity index (χ0v) is 23.7. The minimum Gasteiger partial charge on any atom is -0.497 e. The average Bonchev–Trinajstić information content (AvgIpc) is 2.96. The molecule has 1 aliphatic carbocycles. The van der Waals surface area contributed by atoms with Crippen LogP contribution in [0, 0.1) is 11.8 Å². The smallest absolute Gasteiger partial charge is 0.336 e. The maximum atomic E-state index is 14.5. The highest BCUT2D eigenvalue weighted by Gasteiger charge is 2.53. The number of nitrogens with zero attached hydrogens (tertiary/aromatic N) is 1. The van der Waals surface area contributed by atoms with E-state index in [0.29, 0.717) is 40.6 Å². The lowest BCUT2D eigenvalue weighted by Gasteiger charge is -2.41. The molecule has 1 saturated carbocycles. The van der Waals surface area contributed by atoms with Crippen molar-refractivity contribution in [2.24, 2.45) is 16.8 Å². The Kier molecular flexibility index (Phi) is 8.92. The van der Waals surface area contributed by atoms with E-state index in [1.807, 2.05) is 18.2 Å². The first-order valence-corrected chi connectivity index (χ1v) is 13.3. The van der Waals surface area contributed by atoms with Gasteiger partial charge in [-0.3, -0.25) is 14.6 Å². The lowest BCUT2D eigenvalue weighted by molar-refractivity contribution is -0.153. The molecule has 212 valence electrons. The predicted molar refractivity (Wildman–Crippen MR) is 148 cm³/mol. The van der Waals surface area contributed by atoms with Crippen LogP contribution in [0.4, 0.5) is 0 Å². The molecule has 40 heavy (non-hydrogen) atoms. The molecule has 0 bridgehead atoms. The third-order valence-corrected chi connectivity index (χ3v) is 7.47. The predicted octanol–water partition coefficient (Wildman–Crippen LogP) is 4.64. The summed E-state index contributed by atoms with van der Waals surface area (Å²) in [6.07, 6.45) is 0.324. The van der Waals surface area contributed by atoms with Crippen LogP contribution in [-0.4, -0.2) is 58.0 Å². The summed E-state index contributed by atoms with van der Waals surface area (Å²) >= 11 is 0. The second kappa shape index (κ2) is 12.4.